The molecule has 1 amide bonds. The van der Waals surface area contributed by atoms with Crippen LogP contribution in [0.4, 0.5) is 5.82 Å². The van der Waals surface area contributed by atoms with Crippen LogP contribution < -0.4 is 5.32 Å². The fraction of sp³-hybridized carbons (Fsp3) is 0.389. The zero-order valence-electron chi connectivity index (χ0n) is 15.6. The van der Waals surface area contributed by atoms with Crippen molar-refractivity contribution < 1.29 is 22.7 Å². The topological polar surface area (TPSA) is 111 Å². The third-order valence-corrected chi connectivity index (χ3v) is 7.31. The van der Waals surface area contributed by atoms with Crippen molar-refractivity contribution in [2.75, 3.05) is 31.6 Å². The monoisotopic (exact) mass is 438 g/mol. The summed E-state index contributed by atoms with van der Waals surface area (Å²) in [4.78, 5) is 24.3. The molecule has 29 heavy (non-hydrogen) atoms. The van der Waals surface area contributed by atoms with Gasteiger partial charge in [-0.25, -0.2) is 8.42 Å². The molecule has 1 aromatic carbocycles. The summed E-state index contributed by atoms with van der Waals surface area (Å²) in [6, 6.07) is 4.60. The number of anilines is 1. The largest absolute Gasteiger partial charge is 0.379 e. The highest BCUT2D eigenvalue weighted by Crippen LogP contribution is 2.36. The van der Waals surface area contributed by atoms with Crippen LogP contribution in [0.2, 0.25) is 5.02 Å². The van der Waals surface area contributed by atoms with Crippen LogP contribution >= 0.6 is 11.6 Å². The van der Waals surface area contributed by atoms with Crippen molar-refractivity contribution in [3.63, 3.8) is 0 Å². The zero-order valence-corrected chi connectivity index (χ0v) is 17.2. The number of aryl methyl sites for hydroxylation is 1. The lowest BCUT2D eigenvalue weighted by molar-refractivity contribution is -0.116. The van der Waals surface area contributed by atoms with Gasteiger partial charge in [-0.1, -0.05) is 17.7 Å². The number of nitrogens with zero attached hydrogens (tertiary/aromatic N) is 3. The summed E-state index contributed by atoms with van der Waals surface area (Å²) in [6.45, 7) is 2.83. The Labute approximate surface area is 172 Å². The first-order chi connectivity index (χ1) is 13.8. The summed E-state index contributed by atoms with van der Waals surface area (Å²) in [7, 11) is -3.83. The molecular formula is C18H19ClN4O5S. The highest BCUT2D eigenvalue weighted by molar-refractivity contribution is 7.89. The number of carbonyl (C=O) groups excluding carboxylic acids is 2. The van der Waals surface area contributed by atoms with Gasteiger partial charge in [0, 0.05) is 31.5 Å². The van der Waals surface area contributed by atoms with Gasteiger partial charge in [-0.05, 0) is 24.6 Å². The Balaban J connectivity index is 1.83. The first kappa shape index (κ1) is 20.0. The first-order valence-electron chi connectivity index (χ1n) is 9.09. The van der Waals surface area contributed by atoms with Crippen LogP contribution in [0.5, 0.6) is 0 Å². The number of sulfonamides is 1. The average Bonchev–Trinajstić information content (AvgIpc) is 2.96. The smallest absolute Gasteiger partial charge is 0.249 e. The lowest BCUT2D eigenvalue weighted by atomic mass is 10.1. The third kappa shape index (κ3) is 3.57. The Bertz CT molecular complexity index is 1110. The van der Waals surface area contributed by atoms with Crippen molar-refractivity contribution in [1.29, 1.82) is 0 Å². The summed E-state index contributed by atoms with van der Waals surface area (Å²) in [5.41, 5.74) is 1.48. The number of hydrogen-bond donors (Lipinski definition) is 1. The number of amides is 1. The van der Waals surface area contributed by atoms with Gasteiger partial charge in [0.1, 0.15) is 10.7 Å². The summed E-state index contributed by atoms with van der Waals surface area (Å²) in [6.07, 6.45) is 0.120. The Morgan fingerprint density at radius 3 is 2.62 bits per heavy atom. The van der Waals surface area contributed by atoms with Crippen LogP contribution in [0.15, 0.2) is 23.1 Å². The predicted molar refractivity (Wildman–Crippen MR) is 105 cm³/mol. The number of ether oxygens (including phenoxy) is 1. The number of benzene rings is 1. The lowest BCUT2D eigenvalue weighted by Crippen LogP contribution is -2.40. The zero-order chi connectivity index (χ0) is 20.8. The molecule has 1 saturated heterocycles. The molecular weight excluding hydrogens is 420 g/mol. The van der Waals surface area contributed by atoms with E-state index in [9.17, 15) is 18.0 Å². The molecule has 2 aliphatic heterocycles. The number of aromatic nitrogens is 2. The number of carbonyl (C=O) groups is 2. The summed E-state index contributed by atoms with van der Waals surface area (Å²) in [5, 5.41) is 7.05. The maximum atomic E-state index is 13.1. The van der Waals surface area contributed by atoms with E-state index in [-0.39, 0.29) is 53.5 Å². The maximum absolute atomic E-state index is 13.1. The maximum Gasteiger partial charge on any atom is 0.249 e. The normalized spacial score (nSPS) is 18.3. The lowest BCUT2D eigenvalue weighted by Gasteiger charge is -2.26. The van der Waals surface area contributed by atoms with Gasteiger partial charge in [-0.2, -0.15) is 14.1 Å². The van der Waals surface area contributed by atoms with Crippen molar-refractivity contribution in [3.8, 4) is 11.1 Å². The highest BCUT2D eigenvalue weighted by atomic mass is 35.5. The van der Waals surface area contributed by atoms with E-state index in [2.05, 4.69) is 10.4 Å². The fourth-order valence-corrected chi connectivity index (χ4v) is 5.38. The molecule has 1 N–H and O–H groups in total. The van der Waals surface area contributed by atoms with Gasteiger partial charge < -0.3 is 10.1 Å². The van der Waals surface area contributed by atoms with Gasteiger partial charge in [-0.15, -0.1) is 0 Å². The molecule has 11 heteroatoms. The number of halogens is 1. The van der Waals surface area contributed by atoms with E-state index < -0.39 is 10.0 Å². The van der Waals surface area contributed by atoms with Gasteiger partial charge in [0.15, 0.2) is 0 Å². The Kier molecular flexibility index (Phi) is 5.19. The van der Waals surface area contributed by atoms with E-state index in [0.29, 0.717) is 30.0 Å². The minimum atomic E-state index is -3.83. The van der Waals surface area contributed by atoms with Crippen molar-refractivity contribution in [2.24, 2.45) is 0 Å². The molecule has 0 aliphatic carbocycles. The quantitative estimate of drug-likeness (QED) is 0.783. The van der Waals surface area contributed by atoms with Gasteiger partial charge in [-0.3, -0.25) is 9.59 Å². The van der Waals surface area contributed by atoms with E-state index >= 15 is 0 Å². The van der Waals surface area contributed by atoms with E-state index in [1.807, 2.05) is 0 Å². The van der Waals surface area contributed by atoms with Crippen molar-refractivity contribution in [2.45, 2.75) is 24.7 Å². The van der Waals surface area contributed by atoms with E-state index in [0.717, 1.165) is 0 Å². The van der Waals surface area contributed by atoms with Crippen LogP contribution in [0.25, 0.3) is 11.1 Å². The number of hydrogen-bond acceptors (Lipinski definition) is 6. The SMILES string of the molecule is Cc1nn2c(c1-c1ccc(Cl)c(S(=O)(=O)N3CCOCC3)c1)NC(=O)CCC2=O. The van der Waals surface area contributed by atoms with Crippen LogP contribution in [0, 0.1) is 6.92 Å². The second kappa shape index (κ2) is 7.52. The second-order valence-corrected chi connectivity index (χ2v) is 9.14. The molecule has 1 aromatic heterocycles. The van der Waals surface area contributed by atoms with E-state index in [1.54, 1.807) is 13.0 Å². The first-order valence-corrected chi connectivity index (χ1v) is 10.9. The minimum absolute atomic E-state index is 0.0378. The van der Waals surface area contributed by atoms with Crippen LogP contribution in [0.1, 0.15) is 23.3 Å². The summed E-state index contributed by atoms with van der Waals surface area (Å²) >= 11 is 6.24. The van der Waals surface area contributed by atoms with Crippen molar-refractivity contribution >= 4 is 39.3 Å². The number of nitrogens with one attached hydrogen (secondary N) is 1. The van der Waals surface area contributed by atoms with E-state index in [4.69, 9.17) is 16.3 Å². The molecule has 4 rings (SSSR count). The van der Waals surface area contributed by atoms with Crippen LogP contribution in [-0.2, 0) is 19.6 Å². The van der Waals surface area contributed by atoms with Gasteiger partial charge in [0.05, 0.1) is 23.9 Å². The second-order valence-electron chi connectivity index (χ2n) is 6.82. The Hall–Kier alpha value is -2.27. The predicted octanol–water partition coefficient (Wildman–Crippen LogP) is 1.91. The molecule has 0 spiro atoms. The average molecular weight is 439 g/mol. The number of morpholine rings is 1. The molecule has 3 heterocycles. The minimum Gasteiger partial charge on any atom is -0.379 e. The molecule has 0 radical (unpaired) electrons. The van der Waals surface area contributed by atoms with Crippen LogP contribution in [-0.4, -0.2) is 60.6 Å². The Morgan fingerprint density at radius 2 is 1.90 bits per heavy atom. The van der Waals surface area contributed by atoms with Gasteiger partial charge >= 0.3 is 0 Å². The molecule has 0 saturated carbocycles. The van der Waals surface area contributed by atoms with Gasteiger partial charge in [0.25, 0.3) is 0 Å². The third-order valence-electron chi connectivity index (χ3n) is 4.93. The number of fused-ring (bicyclic) bond motifs is 1. The molecule has 2 aliphatic rings. The molecule has 154 valence electrons. The molecule has 1 fully saturated rings. The summed E-state index contributed by atoms with van der Waals surface area (Å²) < 4.78 is 33.9. The van der Waals surface area contributed by atoms with Crippen LogP contribution in [0.3, 0.4) is 0 Å². The molecule has 0 unspecified atom stereocenters. The molecule has 0 bridgehead atoms. The standard InChI is InChI=1S/C18H19ClN4O5S/c1-11-17(18-20-15(24)4-5-16(25)23(18)21-11)12-2-3-13(19)14(10-12)29(26,27)22-6-8-28-9-7-22/h2-3,10H,4-9H2,1H3,(H,20,24). The molecule has 9 nitrogen and oxygen atoms in total. The van der Waals surface area contributed by atoms with Crippen molar-refractivity contribution in [1.82, 2.24) is 14.1 Å². The molecule has 2 aromatic rings. The molecule has 0 atom stereocenters. The highest BCUT2D eigenvalue weighted by Gasteiger charge is 2.31. The van der Waals surface area contributed by atoms with E-state index in [1.165, 1.54) is 21.1 Å². The summed E-state index contributed by atoms with van der Waals surface area (Å²) in [5.74, 6) is -0.358. The number of rotatable bonds is 3. The van der Waals surface area contributed by atoms with Crippen molar-refractivity contribution in [3.05, 3.63) is 28.9 Å². The Morgan fingerprint density at radius 1 is 1.17 bits per heavy atom. The fourth-order valence-electron chi connectivity index (χ4n) is 3.47. The van der Waals surface area contributed by atoms with Gasteiger partial charge in [0.2, 0.25) is 21.8 Å².